The van der Waals surface area contributed by atoms with E-state index in [1.807, 2.05) is 25.3 Å². The molecule has 6 nitrogen and oxygen atoms in total. The maximum Gasteiger partial charge on any atom is 0.242 e. The fourth-order valence-electron chi connectivity index (χ4n) is 4.63. The zero-order valence-corrected chi connectivity index (χ0v) is 20.7. The van der Waals surface area contributed by atoms with E-state index < -0.39 is 5.82 Å². The maximum atomic E-state index is 14.1. The Labute approximate surface area is 204 Å². The van der Waals surface area contributed by atoms with Crippen molar-refractivity contribution in [2.75, 3.05) is 32.8 Å². The molecule has 3 heterocycles. The van der Waals surface area contributed by atoms with Gasteiger partial charge in [0.2, 0.25) is 11.8 Å². The summed E-state index contributed by atoms with van der Waals surface area (Å²) in [4.78, 5) is 31.2. The Hall–Kier alpha value is -2.45. The number of carbonyl (C=O) groups excluding carboxylic acids is 2. The lowest BCUT2D eigenvalue weighted by molar-refractivity contribution is -0.144. The monoisotopic (exact) mass is 488 g/mol. The summed E-state index contributed by atoms with van der Waals surface area (Å²) in [5.41, 5.74) is 1.04. The molecule has 2 aliphatic rings. The molecule has 34 heavy (non-hydrogen) atoms. The first-order valence-electron chi connectivity index (χ1n) is 12.0. The number of rotatable bonds is 9. The Morgan fingerprint density at radius 3 is 2.85 bits per heavy atom. The third kappa shape index (κ3) is 5.96. The fraction of sp³-hybridized carbons (Fsp3) is 0.538. The molecule has 1 aromatic heterocycles. The number of hydrogen-bond donors (Lipinski definition) is 0. The Balaban J connectivity index is 1.50. The van der Waals surface area contributed by atoms with Crippen LogP contribution in [-0.4, -0.2) is 60.6 Å². The zero-order chi connectivity index (χ0) is 24.1. The molecule has 2 amide bonds. The van der Waals surface area contributed by atoms with E-state index in [0.717, 1.165) is 24.8 Å². The van der Waals surface area contributed by atoms with Gasteiger partial charge in [-0.15, -0.1) is 11.3 Å². The summed E-state index contributed by atoms with van der Waals surface area (Å²) in [6.45, 7) is 5.86. The molecular formula is C26H33FN2O4S. The summed E-state index contributed by atoms with van der Waals surface area (Å²) in [5.74, 6) is -0.187. The number of halogens is 1. The van der Waals surface area contributed by atoms with Crippen LogP contribution >= 0.6 is 11.3 Å². The first-order valence-corrected chi connectivity index (χ1v) is 12.9. The Bertz CT molecular complexity index is 989. The topological polar surface area (TPSA) is 59.1 Å². The van der Waals surface area contributed by atoms with Crippen LogP contribution in [-0.2, 0) is 20.7 Å². The van der Waals surface area contributed by atoms with E-state index in [1.54, 1.807) is 39.3 Å². The van der Waals surface area contributed by atoms with Gasteiger partial charge in [-0.3, -0.25) is 9.59 Å². The van der Waals surface area contributed by atoms with E-state index in [4.69, 9.17) is 9.47 Å². The van der Waals surface area contributed by atoms with Crippen molar-refractivity contribution in [3.05, 3.63) is 52.0 Å². The van der Waals surface area contributed by atoms with Gasteiger partial charge in [0, 0.05) is 31.0 Å². The molecule has 0 saturated carbocycles. The van der Waals surface area contributed by atoms with Gasteiger partial charge in [0.15, 0.2) is 11.6 Å². The van der Waals surface area contributed by atoms with Crippen molar-refractivity contribution in [3.8, 4) is 5.75 Å². The van der Waals surface area contributed by atoms with Gasteiger partial charge in [-0.1, -0.05) is 26.0 Å². The highest BCUT2D eigenvalue weighted by molar-refractivity contribution is 7.10. The van der Waals surface area contributed by atoms with Crippen LogP contribution in [0, 0.1) is 11.7 Å². The smallest absolute Gasteiger partial charge is 0.242 e. The van der Waals surface area contributed by atoms with Crippen molar-refractivity contribution in [2.24, 2.45) is 5.92 Å². The third-order valence-corrected chi connectivity index (χ3v) is 7.35. The van der Waals surface area contributed by atoms with E-state index in [0.29, 0.717) is 26.1 Å². The molecule has 184 valence electrons. The third-order valence-electron chi connectivity index (χ3n) is 6.36. The van der Waals surface area contributed by atoms with Gasteiger partial charge in [-0.25, -0.2) is 4.39 Å². The van der Waals surface area contributed by atoms with Gasteiger partial charge in [0.05, 0.1) is 18.7 Å². The van der Waals surface area contributed by atoms with Gasteiger partial charge in [-0.05, 0) is 54.3 Å². The van der Waals surface area contributed by atoms with Crippen molar-refractivity contribution in [3.63, 3.8) is 0 Å². The number of amides is 2. The second-order valence-electron chi connectivity index (χ2n) is 9.40. The number of carbonyl (C=O) groups is 2. The van der Waals surface area contributed by atoms with E-state index >= 15 is 0 Å². The van der Waals surface area contributed by atoms with Gasteiger partial charge < -0.3 is 19.3 Å². The molecular weight excluding hydrogens is 455 g/mol. The molecule has 2 unspecified atom stereocenters. The van der Waals surface area contributed by atoms with Crippen LogP contribution in [0.1, 0.15) is 49.6 Å². The average molecular weight is 489 g/mol. The summed E-state index contributed by atoms with van der Waals surface area (Å²) in [7, 11) is 0. The Kier molecular flexibility index (Phi) is 8.21. The van der Waals surface area contributed by atoms with E-state index in [2.05, 4.69) is 0 Å². The predicted molar refractivity (Wildman–Crippen MR) is 129 cm³/mol. The first kappa shape index (κ1) is 24.7. The van der Waals surface area contributed by atoms with Gasteiger partial charge >= 0.3 is 0 Å². The molecule has 1 aromatic carbocycles. The molecule has 0 bridgehead atoms. The van der Waals surface area contributed by atoms with Crippen LogP contribution in [0.15, 0.2) is 35.7 Å². The molecule has 2 aromatic rings. The fourth-order valence-corrected chi connectivity index (χ4v) is 5.55. The minimum Gasteiger partial charge on any atom is -0.488 e. The van der Waals surface area contributed by atoms with Crippen molar-refractivity contribution in [1.82, 2.24) is 9.80 Å². The second-order valence-corrected chi connectivity index (χ2v) is 10.4. The molecule has 2 atom stereocenters. The largest absolute Gasteiger partial charge is 0.488 e. The summed E-state index contributed by atoms with van der Waals surface area (Å²) in [5, 5.41) is 2.02. The zero-order valence-electron chi connectivity index (χ0n) is 19.9. The quantitative estimate of drug-likeness (QED) is 0.524. The molecule has 1 fully saturated rings. The van der Waals surface area contributed by atoms with E-state index in [9.17, 15) is 14.0 Å². The number of benzene rings is 1. The second kappa shape index (κ2) is 11.3. The standard InChI is InChI=1S/C26H33FN2O4S/c1-18(2)14-25(30)28(15-19-6-5-12-32-19)16-26(31)29-11-9-24-20(10-13-34-24)22(29)17-33-23-8-4-3-7-21(23)27/h3-4,7-8,10,13,18-19,22H,5-6,9,11-12,14-17H2,1-2H3. The number of thiophene rings is 1. The predicted octanol–water partition coefficient (Wildman–Crippen LogP) is 4.45. The highest BCUT2D eigenvalue weighted by Gasteiger charge is 2.34. The lowest BCUT2D eigenvalue weighted by atomic mass is 10.00. The van der Waals surface area contributed by atoms with Crippen molar-refractivity contribution < 1.29 is 23.5 Å². The van der Waals surface area contributed by atoms with Crippen LogP contribution in [0.25, 0.3) is 0 Å². The number of ether oxygens (including phenoxy) is 2. The van der Waals surface area contributed by atoms with E-state index in [1.165, 1.54) is 10.9 Å². The van der Waals surface area contributed by atoms with Crippen LogP contribution < -0.4 is 4.74 Å². The highest BCUT2D eigenvalue weighted by atomic mass is 32.1. The normalized spacial score (nSPS) is 19.8. The van der Waals surface area contributed by atoms with Gasteiger partial charge in [-0.2, -0.15) is 0 Å². The van der Waals surface area contributed by atoms with Crippen molar-refractivity contribution in [2.45, 2.75) is 51.7 Å². The molecule has 0 radical (unpaired) electrons. The van der Waals surface area contributed by atoms with Crippen LogP contribution in [0.5, 0.6) is 5.75 Å². The number of para-hydroxylation sites is 1. The summed E-state index contributed by atoms with van der Waals surface area (Å²) < 4.78 is 25.7. The van der Waals surface area contributed by atoms with Crippen LogP contribution in [0.4, 0.5) is 4.39 Å². The molecule has 8 heteroatoms. The number of nitrogens with zero attached hydrogens (tertiary/aromatic N) is 2. The molecule has 1 saturated heterocycles. The molecule has 0 spiro atoms. The minimum absolute atomic E-state index is 0.0150. The molecule has 4 rings (SSSR count). The van der Waals surface area contributed by atoms with E-state index in [-0.39, 0.29) is 48.8 Å². The summed E-state index contributed by atoms with van der Waals surface area (Å²) in [6.07, 6.45) is 3.03. The highest BCUT2D eigenvalue weighted by Crippen LogP contribution is 2.34. The first-order chi connectivity index (χ1) is 16.4. The average Bonchev–Trinajstić information content (AvgIpc) is 3.49. The van der Waals surface area contributed by atoms with Gasteiger partial charge in [0.25, 0.3) is 0 Å². The lowest BCUT2D eigenvalue weighted by Gasteiger charge is -2.37. The van der Waals surface area contributed by atoms with Crippen molar-refractivity contribution >= 4 is 23.2 Å². The lowest BCUT2D eigenvalue weighted by Crippen LogP contribution is -2.49. The molecule has 2 aliphatic heterocycles. The van der Waals surface area contributed by atoms with Gasteiger partial charge in [0.1, 0.15) is 6.61 Å². The van der Waals surface area contributed by atoms with Crippen LogP contribution in [0.3, 0.4) is 0 Å². The number of hydrogen-bond acceptors (Lipinski definition) is 5. The number of fused-ring (bicyclic) bond motifs is 1. The Morgan fingerprint density at radius 2 is 2.12 bits per heavy atom. The maximum absolute atomic E-state index is 14.1. The van der Waals surface area contributed by atoms with Crippen molar-refractivity contribution in [1.29, 1.82) is 0 Å². The summed E-state index contributed by atoms with van der Waals surface area (Å²) >= 11 is 1.67. The summed E-state index contributed by atoms with van der Waals surface area (Å²) in [6, 6.07) is 7.98. The molecule has 0 N–H and O–H groups in total. The SMILES string of the molecule is CC(C)CC(=O)N(CC(=O)N1CCc2sccc2C1COc1ccccc1F)CC1CCCO1. The van der Waals surface area contributed by atoms with Crippen LogP contribution in [0.2, 0.25) is 0 Å². The molecule has 0 aliphatic carbocycles. The minimum atomic E-state index is -0.427. The Morgan fingerprint density at radius 1 is 1.29 bits per heavy atom.